The van der Waals surface area contributed by atoms with Gasteiger partial charge >= 0.3 is 6.18 Å². The molecule has 2 N–H and O–H groups in total. The first-order valence-corrected chi connectivity index (χ1v) is 7.30. The molecule has 1 unspecified atom stereocenters. The van der Waals surface area contributed by atoms with Crippen molar-refractivity contribution in [2.75, 3.05) is 6.54 Å². The number of rotatable bonds is 6. The van der Waals surface area contributed by atoms with Crippen LogP contribution in [0.2, 0.25) is 0 Å². The van der Waals surface area contributed by atoms with Crippen LogP contribution in [0, 0.1) is 11.7 Å². The Bertz CT molecular complexity index is 554. The van der Waals surface area contributed by atoms with E-state index < -0.39 is 34.6 Å². The highest BCUT2D eigenvalue weighted by Crippen LogP contribution is 2.32. The fourth-order valence-corrected chi connectivity index (χ4v) is 2.00. The highest BCUT2D eigenvalue weighted by Gasteiger charge is 2.36. The summed E-state index contributed by atoms with van der Waals surface area (Å²) >= 11 is 0. The topological polar surface area (TPSA) is 49.3 Å². The van der Waals surface area contributed by atoms with Crippen LogP contribution in [0.5, 0.6) is 0 Å². The lowest BCUT2D eigenvalue weighted by Gasteiger charge is -2.25. The van der Waals surface area contributed by atoms with E-state index in [9.17, 15) is 27.5 Å². The van der Waals surface area contributed by atoms with Gasteiger partial charge in [0.05, 0.1) is 16.7 Å². The summed E-state index contributed by atoms with van der Waals surface area (Å²) in [6.07, 6.45) is -3.72. The smallest absolute Gasteiger partial charge is 0.388 e. The molecule has 0 aliphatic heterocycles. The molecule has 0 bridgehead atoms. The second-order valence-electron chi connectivity index (χ2n) is 6.30. The molecule has 0 aromatic heterocycles. The molecule has 0 fully saturated rings. The van der Waals surface area contributed by atoms with Crippen molar-refractivity contribution in [3.63, 3.8) is 0 Å². The lowest BCUT2D eigenvalue weighted by Crippen LogP contribution is -2.41. The molecule has 0 radical (unpaired) electrons. The van der Waals surface area contributed by atoms with Crippen molar-refractivity contribution >= 4 is 5.91 Å². The standard InChI is InChI=1S/C16H21F4NO2/c1-10(2)6-7-15(3,23)9-21-14(22)12-5-4-11(17)8-13(12)16(18,19)20/h4-5,8,10,23H,6-7,9H2,1-3H3,(H,21,22). The van der Waals surface area contributed by atoms with E-state index in [0.717, 1.165) is 12.1 Å². The maximum atomic E-state index is 13.0. The summed E-state index contributed by atoms with van der Waals surface area (Å²) in [4.78, 5) is 12.0. The molecule has 0 aliphatic rings. The second kappa shape index (κ2) is 7.29. The number of aliphatic hydroxyl groups is 1. The predicted molar refractivity (Wildman–Crippen MR) is 78.4 cm³/mol. The van der Waals surface area contributed by atoms with Gasteiger partial charge in [0.15, 0.2) is 0 Å². The van der Waals surface area contributed by atoms with Crippen LogP contribution in [0.25, 0.3) is 0 Å². The number of amides is 1. The molecule has 0 saturated carbocycles. The number of nitrogens with one attached hydrogen (secondary N) is 1. The minimum atomic E-state index is -4.84. The maximum Gasteiger partial charge on any atom is 0.417 e. The lowest BCUT2D eigenvalue weighted by atomic mass is 9.95. The minimum Gasteiger partial charge on any atom is -0.388 e. The normalized spacial score (nSPS) is 14.7. The Hall–Kier alpha value is -1.63. The fourth-order valence-electron chi connectivity index (χ4n) is 2.00. The quantitative estimate of drug-likeness (QED) is 0.778. The van der Waals surface area contributed by atoms with E-state index >= 15 is 0 Å². The summed E-state index contributed by atoms with van der Waals surface area (Å²) in [7, 11) is 0. The average Bonchev–Trinajstić information content (AvgIpc) is 2.42. The Morgan fingerprint density at radius 1 is 1.30 bits per heavy atom. The number of benzene rings is 1. The fraction of sp³-hybridized carbons (Fsp3) is 0.562. The van der Waals surface area contributed by atoms with Gasteiger partial charge in [-0.1, -0.05) is 13.8 Å². The Morgan fingerprint density at radius 3 is 2.43 bits per heavy atom. The molecule has 0 heterocycles. The third kappa shape index (κ3) is 6.17. The predicted octanol–water partition coefficient (Wildman–Crippen LogP) is 3.76. The summed E-state index contributed by atoms with van der Waals surface area (Å²) in [5, 5.41) is 12.4. The first kappa shape index (κ1) is 19.4. The Morgan fingerprint density at radius 2 is 1.91 bits per heavy atom. The molecular weight excluding hydrogens is 314 g/mol. The number of halogens is 4. The molecule has 3 nitrogen and oxygen atoms in total. The van der Waals surface area contributed by atoms with Crippen LogP contribution in [-0.2, 0) is 6.18 Å². The van der Waals surface area contributed by atoms with E-state index in [4.69, 9.17) is 0 Å². The SMILES string of the molecule is CC(C)CCC(C)(O)CNC(=O)c1ccc(F)cc1C(F)(F)F. The van der Waals surface area contributed by atoms with Gasteiger partial charge < -0.3 is 10.4 Å². The lowest BCUT2D eigenvalue weighted by molar-refractivity contribution is -0.138. The van der Waals surface area contributed by atoms with Gasteiger partial charge in [-0.15, -0.1) is 0 Å². The van der Waals surface area contributed by atoms with Gasteiger partial charge in [-0.25, -0.2) is 4.39 Å². The third-order valence-electron chi connectivity index (χ3n) is 3.42. The highest BCUT2D eigenvalue weighted by atomic mass is 19.4. The molecule has 1 aromatic rings. The molecule has 130 valence electrons. The van der Waals surface area contributed by atoms with Gasteiger partial charge in [0, 0.05) is 6.54 Å². The van der Waals surface area contributed by atoms with Crippen LogP contribution in [0.15, 0.2) is 18.2 Å². The van der Waals surface area contributed by atoms with Gasteiger partial charge in [-0.3, -0.25) is 4.79 Å². The molecule has 23 heavy (non-hydrogen) atoms. The van der Waals surface area contributed by atoms with Crippen molar-refractivity contribution < 1.29 is 27.5 Å². The third-order valence-corrected chi connectivity index (χ3v) is 3.42. The van der Waals surface area contributed by atoms with Crippen molar-refractivity contribution in [2.45, 2.75) is 45.4 Å². The molecule has 1 atom stereocenters. The molecular formula is C16H21F4NO2. The van der Waals surface area contributed by atoms with Gasteiger partial charge in [-0.2, -0.15) is 13.2 Å². The van der Waals surface area contributed by atoms with E-state index in [1.807, 2.05) is 13.8 Å². The van der Waals surface area contributed by atoms with Crippen molar-refractivity contribution in [1.82, 2.24) is 5.32 Å². The van der Waals surface area contributed by atoms with Crippen molar-refractivity contribution in [3.05, 3.63) is 35.1 Å². The molecule has 1 amide bonds. The average molecular weight is 335 g/mol. The zero-order valence-corrected chi connectivity index (χ0v) is 13.3. The van der Waals surface area contributed by atoms with Crippen LogP contribution in [0.4, 0.5) is 17.6 Å². The summed E-state index contributed by atoms with van der Waals surface area (Å²) in [5.74, 6) is -1.72. The van der Waals surface area contributed by atoms with Crippen molar-refractivity contribution in [1.29, 1.82) is 0 Å². The molecule has 0 saturated heterocycles. The monoisotopic (exact) mass is 335 g/mol. The van der Waals surface area contributed by atoms with Crippen LogP contribution in [-0.4, -0.2) is 23.2 Å². The molecule has 0 spiro atoms. The van der Waals surface area contributed by atoms with E-state index in [1.165, 1.54) is 6.92 Å². The number of hydrogen-bond donors (Lipinski definition) is 2. The molecule has 1 rings (SSSR count). The van der Waals surface area contributed by atoms with Gasteiger partial charge in [0.1, 0.15) is 5.82 Å². The first-order chi connectivity index (χ1) is 10.4. The van der Waals surface area contributed by atoms with Gasteiger partial charge in [-0.05, 0) is 43.9 Å². The van der Waals surface area contributed by atoms with Crippen LogP contribution >= 0.6 is 0 Å². The zero-order chi connectivity index (χ0) is 17.8. The molecule has 7 heteroatoms. The molecule has 0 aliphatic carbocycles. The van der Waals surface area contributed by atoms with Crippen LogP contribution in [0.1, 0.15) is 49.5 Å². The van der Waals surface area contributed by atoms with E-state index in [-0.39, 0.29) is 12.6 Å². The number of alkyl halides is 3. The zero-order valence-electron chi connectivity index (χ0n) is 13.3. The Kier molecular flexibility index (Phi) is 6.16. The first-order valence-electron chi connectivity index (χ1n) is 7.30. The second-order valence-corrected chi connectivity index (χ2v) is 6.30. The van der Waals surface area contributed by atoms with E-state index in [2.05, 4.69) is 5.32 Å². The van der Waals surface area contributed by atoms with Crippen LogP contribution < -0.4 is 5.32 Å². The van der Waals surface area contributed by atoms with Crippen LogP contribution in [0.3, 0.4) is 0 Å². The maximum absolute atomic E-state index is 13.0. The number of hydrogen-bond acceptors (Lipinski definition) is 2. The highest BCUT2D eigenvalue weighted by molar-refractivity contribution is 5.95. The minimum absolute atomic E-state index is 0.187. The number of carbonyl (C=O) groups excluding carboxylic acids is 1. The molecule has 1 aromatic carbocycles. The summed E-state index contributed by atoms with van der Waals surface area (Å²) in [5.41, 5.74) is -3.23. The van der Waals surface area contributed by atoms with Crippen molar-refractivity contribution in [3.8, 4) is 0 Å². The summed E-state index contributed by atoms with van der Waals surface area (Å²) < 4.78 is 51.6. The Labute approximate surface area is 132 Å². The number of carbonyl (C=O) groups is 1. The van der Waals surface area contributed by atoms with E-state index in [0.29, 0.717) is 18.8 Å². The summed E-state index contributed by atoms with van der Waals surface area (Å²) in [6, 6.07) is 1.86. The summed E-state index contributed by atoms with van der Waals surface area (Å²) in [6.45, 7) is 5.27. The van der Waals surface area contributed by atoms with Gasteiger partial charge in [0.25, 0.3) is 5.91 Å². The van der Waals surface area contributed by atoms with E-state index in [1.54, 1.807) is 0 Å². The van der Waals surface area contributed by atoms with Gasteiger partial charge in [0.2, 0.25) is 0 Å². The largest absolute Gasteiger partial charge is 0.417 e. The van der Waals surface area contributed by atoms with Crippen molar-refractivity contribution in [2.24, 2.45) is 5.92 Å². The Balaban J connectivity index is 2.83.